The Kier molecular flexibility index (Phi) is 5.43. The number of benzene rings is 2. The van der Waals surface area contributed by atoms with Crippen LogP contribution in [0.15, 0.2) is 40.9 Å². The fraction of sp³-hybridized carbons (Fsp3) is 0.333. The molecule has 0 amide bonds. The standard InChI is InChI=1S/C18H22BrNO/c1-12-5-8-18(21-4)15(9-12)11-17(20-3)14-7-6-13(2)16(19)10-14/h5-10,17,20H,11H2,1-4H3. The molecular formula is C18H22BrNO. The van der Waals surface area contributed by atoms with E-state index in [1.165, 1.54) is 22.3 Å². The number of likely N-dealkylation sites (N-methyl/N-ethyl adjacent to an activating group) is 1. The van der Waals surface area contributed by atoms with Gasteiger partial charge in [0.25, 0.3) is 0 Å². The largest absolute Gasteiger partial charge is 0.496 e. The minimum Gasteiger partial charge on any atom is -0.496 e. The predicted octanol–water partition coefficient (Wildman–Crippen LogP) is 4.58. The zero-order chi connectivity index (χ0) is 15.4. The Morgan fingerprint density at radius 2 is 1.90 bits per heavy atom. The molecule has 0 aliphatic heterocycles. The number of hydrogen-bond donors (Lipinski definition) is 1. The van der Waals surface area contributed by atoms with Gasteiger partial charge in [-0.1, -0.05) is 45.8 Å². The third-order valence-corrected chi connectivity index (χ3v) is 4.66. The minimum atomic E-state index is 0.262. The zero-order valence-corrected chi connectivity index (χ0v) is 14.6. The fourth-order valence-corrected chi connectivity index (χ4v) is 2.90. The van der Waals surface area contributed by atoms with Gasteiger partial charge in [-0.25, -0.2) is 0 Å². The number of ether oxygens (including phenoxy) is 1. The quantitative estimate of drug-likeness (QED) is 0.854. The topological polar surface area (TPSA) is 21.3 Å². The van der Waals surface area contributed by atoms with Gasteiger partial charge in [0.1, 0.15) is 5.75 Å². The molecule has 0 aliphatic carbocycles. The monoisotopic (exact) mass is 347 g/mol. The van der Waals surface area contributed by atoms with Gasteiger partial charge in [0.05, 0.1) is 7.11 Å². The molecule has 0 fully saturated rings. The maximum atomic E-state index is 5.49. The van der Waals surface area contributed by atoms with Gasteiger partial charge in [0, 0.05) is 10.5 Å². The van der Waals surface area contributed by atoms with E-state index in [0.717, 1.165) is 16.6 Å². The van der Waals surface area contributed by atoms with E-state index in [1.807, 2.05) is 13.1 Å². The Bertz CT molecular complexity index is 625. The Hall–Kier alpha value is -1.32. The summed E-state index contributed by atoms with van der Waals surface area (Å²) in [6, 6.07) is 13.1. The van der Waals surface area contributed by atoms with Crippen LogP contribution in [-0.4, -0.2) is 14.2 Å². The molecule has 2 aromatic rings. The summed E-state index contributed by atoms with van der Waals surface area (Å²) >= 11 is 3.62. The molecule has 0 saturated carbocycles. The summed E-state index contributed by atoms with van der Waals surface area (Å²) in [6.07, 6.45) is 0.900. The van der Waals surface area contributed by atoms with Gasteiger partial charge < -0.3 is 10.1 Å². The summed E-state index contributed by atoms with van der Waals surface area (Å²) in [6.45, 7) is 4.21. The van der Waals surface area contributed by atoms with Gasteiger partial charge in [-0.15, -0.1) is 0 Å². The van der Waals surface area contributed by atoms with Gasteiger partial charge in [-0.2, -0.15) is 0 Å². The normalized spacial score (nSPS) is 12.2. The molecular weight excluding hydrogens is 326 g/mol. The molecule has 21 heavy (non-hydrogen) atoms. The summed E-state index contributed by atoms with van der Waals surface area (Å²) in [5, 5.41) is 3.41. The lowest BCUT2D eigenvalue weighted by Crippen LogP contribution is -2.19. The molecule has 1 atom stereocenters. The number of halogens is 1. The van der Waals surface area contributed by atoms with Crippen LogP contribution in [0.4, 0.5) is 0 Å². The highest BCUT2D eigenvalue weighted by atomic mass is 79.9. The van der Waals surface area contributed by atoms with E-state index in [2.05, 4.69) is 65.4 Å². The molecule has 0 aromatic heterocycles. The van der Waals surface area contributed by atoms with Crippen LogP contribution in [-0.2, 0) is 6.42 Å². The third kappa shape index (κ3) is 3.86. The number of hydrogen-bond acceptors (Lipinski definition) is 2. The van der Waals surface area contributed by atoms with Crippen LogP contribution in [0.5, 0.6) is 5.75 Å². The maximum Gasteiger partial charge on any atom is 0.122 e. The second kappa shape index (κ2) is 7.10. The number of aryl methyl sites for hydroxylation is 2. The van der Waals surface area contributed by atoms with Crippen molar-refractivity contribution in [2.75, 3.05) is 14.2 Å². The molecule has 1 N–H and O–H groups in total. The van der Waals surface area contributed by atoms with Crippen molar-refractivity contribution in [2.24, 2.45) is 0 Å². The molecule has 2 nitrogen and oxygen atoms in total. The lowest BCUT2D eigenvalue weighted by Gasteiger charge is -2.19. The molecule has 0 spiro atoms. The highest BCUT2D eigenvalue weighted by Gasteiger charge is 2.14. The maximum absolute atomic E-state index is 5.49. The van der Waals surface area contributed by atoms with E-state index in [4.69, 9.17) is 4.74 Å². The summed E-state index contributed by atoms with van der Waals surface area (Å²) in [4.78, 5) is 0. The van der Waals surface area contributed by atoms with Crippen LogP contribution >= 0.6 is 15.9 Å². The van der Waals surface area contributed by atoms with E-state index in [0.29, 0.717) is 0 Å². The molecule has 2 rings (SSSR count). The summed E-state index contributed by atoms with van der Waals surface area (Å²) in [5.74, 6) is 0.951. The number of methoxy groups -OCH3 is 1. The van der Waals surface area contributed by atoms with Crippen molar-refractivity contribution in [1.82, 2.24) is 5.32 Å². The highest BCUT2D eigenvalue weighted by molar-refractivity contribution is 9.10. The molecule has 1 unspecified atom stereocenters. The average molecular weight is 348 g/mol. The van der Waals surface area contributed by atoms with Crippen molar-refractivity contribution in [3.63, 3.8) is 0 Å². The van der Waals surface area contributed by atoms with Crippen LogP contribution < -0.4 is 10.1 Å². The molecule has 112 valence electrons. The summed E-state index contributed by atoms with van der Waals surface area (Å²) < 4.78 is 6.64. The van der Waals surface area contributed by atoms with Crippen molar-refractivity contribution >= 4 is 15.9 Å². The van der Waals surface area contributed by atoms with E-state index in [-0.39, 0.29) is 6.04 Å². The third-order valence-electron chi connectivity index (χ3n) is 3.81. The first-order valence-corrected chi connectivity index (χ1v) is 7.91. The van der Waals surface area contributed by atoms with Crippen LogP contribution in [0.25, 0.3) is 0 Å². The Morgan fingerprint density at radius 1 is 1.14 bits per heavy atom. The Morgan fingerprint density at radius 3 is 2.52 bits per heavy atom. The summed E-state index contributed by atoms with van der Waals surface area (Å²) in [5.41, 5.74) is 5.01. The van der Waals surface area contributed by atoms with E-state index >= 15 is 0 Å². The smallest absolute Gasteiger partial charge is 0.122 e. The first kappa shape index (κ1) is 16.1. The van der Waals surface area contributed by atoms with Crippen LogP contribution in [0.3, 0.4) is 0 Å². The second-order valence-corrected chi connectivity index (χ2v) is 6.22. The van der Waals surface area contributed by atoms with Crippen molar-refractivity contribution in [3.05, 3.63) is 63.1 Å². The van der Waals surface area contributed by atoms with Gasteiger partial charge in [0.2, 0.25) is 0 Å². The summed E-state index contributed by atoms with van der Waals surface area (Å²) in [7, 11) is 3.73. The first-order chi connectivity index (χ1) is 10.0. The fourth-order valence-electron chi connectivity index (χ4n) is 2.50. The highest BCUT2D eigenvalue weighted by Crippen LogP contribution is 2.28. The van der Waals surface area contributed by atoms with Crippen molar-refractivity contribution < 1.29 is 4.74 Å². The second-order valence-electron chi connectivity index (χ2n) is 5.37. The molecule has 0 bridgehead atoms. The molecule has 3 heteroatoms. The van der Waals surface area contributed by atoms with Crippen LogP contribution in [0.2, 0.25) is 0 Å². The first-order valence-electron chi connectivity index (χ1n) is 7.12. The van der Waals surface area contributed by atoms with Crippen LogP contribution in [0.1, 0.15) is 28.3 Å². The van der Waals surface area contributed by atoms with E-state index in [1.54, 1.807) is 7.11 Å². The Balaban J connectivity index is 2.30. The molecule has 0 heterocycles. The molecule has 0 radical (unpaired) electrons. The van der Waals surface area contributed by atoms with Crippen molar-refractivity contribution in [1.29, 1.82) is 0 Å². The SMILES string of the molecule is CNC(Cc1cc(C)ccc1OC)c1ccc(C)c(Br)c1. The lowest BCUT2D eigenvalue weighted by atomic mass is 9.96. The van der Waals surface area contributed by atoms with Crippen LogP contribution in [0, 0.1) is 13.8 Å². The van der Waals surface area contributed by atoms with Gasteiger partial charge >= 0.3 is 0 Å². The van der Waals surface area contributed by atoms with E-state index < -0.39 is 0 Å². The Labute approximate surface area is 135 Å². The van der Waals surface area contributed by atoms with Crippen molar-refractivity contribution in [3.8, 4) is 5.75 Å². The van der Waals surface area contributed by atoms with Crippen molar-refractivity contribution in [2.45, 2.75) is 26.3 Å². The van der Waals surface area contributed by atoms with Gasteiger partial charge in [0.15, 0.2) is 0 Å². The molecule has 0 saturated heterocycles. The number of rotatable bonds is 5. The number of nitrogens with one attached hydrogen (secondary N) is 1. The molecule has 2 aromatic carbocycles. The predicted molar refractivity (Wildman–Crippen MR) is 92.1 cm³/mol. The molecule has 0 aliphatic rings. The van der Waals surface area contributed by atoms with Gasteiger partial charge in [-0.3, -0.25) is 0 Å². The minimum absolute atomic E-state index is 0.262. The lowest BCUT2D eigenvalue weighted by molar-refractivity contribution is 0.406. The van der Waals surface area contributed by atoms with E-state index in [9.17, 15) is 0 Å². The average Bonchev–Trinajstić information content (AvgIpc) is 2.48. The van der Waals surface area contributed by atoms with Gasteiger partial charge in [-0.05, 0) is 56.1 Å². The zero-order valence-electron chi connectivity index (χ0n) is 13.0.